The molecule has 114 valence electrons. The van der Waals surface area contributed by atoms with Crippen LogP contribution in [0.1, 0.15) is 26.2 Å². The van der Waals surface area contributed by atoms with E-state index in [2.05, 4.69) is 10.6 Å². The second-order valence-corrected chi connectivity index (χ2v) is 5.14. The molecule has 1 fully saturated rings. The van der Waals surface area contributed by atoms with E-state index in [1.807, 2.05) is 0 Å². The number of likely N-dealkylation sites (tertiary alicyclic amines) is 1. The third-order valence-electron chi connectivity index (χ3n) is 3.67. The third-order valence-corrected chi connectivity index (χ3v) is 3.67. The van der Waals surface area contributed by atoms with E-state index in [4.69, 9.17) is 5.11 Å². The summed E-state index contributed by atoms with van der Waals surface area (Å²) in [5, 5.41) is 14.1. The van der Waals surface area contributed by atoms with E-state index in [1.54, 1.807) is 18.9 Å². The van der Waals surface area contributed by atoms with E-state index in [0.29, 0.717) is 38.9 Å². The lowest BCUT2D eigenvalue weighted by Gasteiger charge is -2.31. The standard InChI is InChI=1S/C13H23N3O4/c1-9(12(18)19)3-6-15-13(20)16-7-4-10(5-8-16)11(17)14-2/h9-10H,3-8H2,1-2H3,(H,14,17)(H,15,20)(H,18,19). The Bertz CT molecular complexity index is 365. The molecule has 0 saturated carbocycles. The Morgan fingerprint density at radius 2 is 1.90 bits per heavy atom. The summed E-state index contributed by atoms with van der Waals surface area (Å²) >= 11 is 0. The summed E-state index contributed by atoms with van der Waals surface area (Å²) in [7, 11) is 1.62. The highest BCUT2D eigenvalue weighted by atomic mass is 16.4. The molecule has 7 nitrogen and oxygen atoms in total. The van der Waals surface area contributed by atoms with Gasteiger partial charge in [0, 0.05) is 32.6 Å². The van der Waals surface area contributed by atoms with E-state index < -0.39 is 11.9 Å². The second-order valence-electron chi connectivity index (χ2n) is 5.14. The molecule has 0 spiro atoms. The molecule has 1 unspecified atom stereocenters. The van der Waals surface area contributed by atoms with Gasteiger partial charge in [-0.3, -0.25) is 9.59 Å². The van der Waals surface area contributed by atoms with Crippen molar-refractivity contribution in [2.24, 2.45) is 11.8 Å². The molecule has 0 radical (unpaired) electrons. The quantitative estimate of drug-likeness (QED) is 0.675. The molecule has 0 aromatic heterocycles. The van der Waals surface area contributed by atoms with Crippen LogP contribution in [0.2, 0.25) is 0 Å². The number of amides is 3. The van der Waals surface area contributed by atoms with Crippen LogP contribution >= 0.6 is 0 Å². The van der Waals surface area contributed by atoms with E-state index in [9.17, 15) is 14.4 Å². The fourth-order valence-corrected chi connectivity index (χ4v) is 2.18. The van der Waals surface area contributed by atoms with Crippen molar-refractivity contribution in [2.75, 3.05) is 26.7 Å². The molecular weight excluding hydrogens is 262 g/mol. The zero-order valence-corrected chi connectivity index (χ0v) is 12.0. The average molecular weight is 285 g/mol. The number of nitrogens with one attached hydrogen (secondary N) is 2. The van der Waals surface area contributed by atoms with Gasteiger partial charge in [0.2, 0.25) is 5.91 Å². The molecule has 1 aliphatic heterocycles. The lowest BCUT2D eigenvalue weighted by Crippen LogP contribution is -2.47. The van der Waals surface area contributed by atoms with Crippen LogP contribution in [0, 0.1) is 11.8 Å². The Morgan fingerprint density at radius 1 is 1.30 bits per heavy atom. The predicted octanol–water partition coefficient (Wildman–Crippen LogP) is 0.265. The molecule has 1 heterocycles. The number of carbonyl (C=O) groups is 3. The first kappa shape index (κ1) is 16.3. The Balaban J connectivity index is 2.26. The summed E-state index contributed by atoms with van der Waals surface area (Å²) in [5.41, 5.74) is 0. The fourth-order valence-electron chi connectivity index (χ4n) is 2.18. The van der Waals surface area contributed by atoms with Crippen molar-refractivity contribution in [3.8, 4) is 0 Å². The molecule has 0 aromatic rings. The first-order chi connectivity index (χ1) is 9.45. The number of carbonyl (C=O) groups excluding carboxylic acids is 2. The van der Waals surface area contributed by atoms with E-state index in [-0.39, 0.29) is 17.9 Å². The zero-order chi connectivity index (χ0) is 15.1. The first-order valence-electron chi connectivity index (χ1n) is 6.93. The molecule has 1 saturated heterocycles. The maximum atomic E-state index is 11.9. The van der Waals surface area contributed by atoms with Crippen LogP contribution in [0.3, 0.4) is 0 Å². The van der Waals surface area contributed by atoms with Gasteiger partial charge in [0.1, 0.15) is 0 Å². The molecule has 0 bridgehead atoms. The first-order valence-corrected chi connectivity index (χ1v) is 6.93. The Hall–Kier alpha value is -1.79. The van der Waals surface area contributed by atoms with E-state index in [1.165, 1.54) is 0 Å². The van der Waals surface area contributed by atoms with Gasteiger partial charge in [-0.1, -0.05) is 6.92 Å². The van der Waals surface area contributed by atoms with Crippen LogP contribution in [0.25, 0.3) is 0 Å². The third kappa shape index (κ3) is 4.71. The fraction of sp³-hybridized carbons (Fsp3) is 0.769. The number of piperidine rings is 1. The maximum Gasteiger partial charge on any atom is 0.317 e. The lowest BCUT2D eigenvalue weighted by atomic mass is 9.96. The number of carboxylic acid groups (broad SMARTS) is 1. The topological polar surface area (TPSA) is 98.7 Å². The maximum absolute atomic E-state index is 11.9. The highest BCUT2D eigenvalue weighted by molar-refractivity contribution is 5.79. The van der Waals surface area contributed by atoms with Crippen molar-refractivity contribution in [3.05, 3.63) is 0 Å². The highest BCUT2D eigenvalue weighted by Gasteiger charge is 2.26. The molecule has 1 rings (SSSR count). The van der Waals surface area contributed by atoms with Crippen molar-refractivity contribution < 1.29 is 19.5 Å². The number of nitrogens with zero attached hydrogens (tertiary/aromatic N) is 1. The van der Waals surface area contributed by atoms with Crippen molar-refractivity contribution >= 4 is 17.9 Å². The lowest BCUT2D eigenvalue weighted by molar-refractivity contribution is -0.141. The number of aliphatic carboxylic acids is 1. The largest absolute Gasteiger partial charge is 0.481 e. The van der Waals surface area contributed by atoms with Gasteiger partial charge < -0.3 is 20.6 Å². The summed E-state index contributed by atoms with van der Waals surface area (Å²) in [6, 6.07) is -0.182. The van der Waals surface area contributed by atoms with Gasteiger partial charge in [-0.15, -0.1) is 0 Å². The number of rotatable bonds is 5. The minimum absolute atomic E-state index is 0.0175. The van der Waals surface area contributed by atoms with Crippen molar-refractivity contribution in [3.63, 3.8) is 0 Å². The van der Waals surface area contributed by atoms with Crippen molar-refractivity contribution in [1.29, 1.82) is 0 Å². The van der Waals surface area contributed by atoms with E-state index >= 15 is 0 Å². The molecule has 3 N–H and O–H groups in total. The summed E-state index contributed by atoms with van der Waals surface area (Å²) in [4.78, 5) is 35.6. The summed E-state index contributed by atoms with van der Waals surface area (Å²) in [6.45, 7) is 3.07. The molecule has 1 atom stereocenters. The van der Waals surface area contributed by atoms with Crippen LogP contribution in [-0.4, -0.2) is 54.6 Å². The van der Waals surface area contributed by atoms with Crippen LogP contribution < -0.4 is 10.6 Å². The Labute approximate surface area is 118 Å². The molecule has 0 aliphatic carbocycles. The smallest absolute Gasteiger partial charge is 0.317 e. The van der Waals surface area contributed by atoms with Gasteiger partial charge in [-0.05, 0) is 19.3 Å². The minimum atomic E-state index is -0.856. The van der Waals surface area contributed by atoms with Gasteiger partial charge in [-0.25, -0.2) is 4.79 Å². The van der Waals surface area contributed by atoms with E-state index in [0.717, 1.165) is 0 Å². The molecular formula is C13H23N3O4. The Kier molecular flexibility index (Phi) is 6.27. The second kappa shape index (κ2) is 7.72. The van der Waals surface area contributed by atoms with Crippen LogP contribution in [0.15, 0.2) is 0 Å². The van der Waals surface area contributed by atoms with Gasteiger partial charge in [-0.2, -0.15) is 0 Å². The molecule has 3 amide bonds. The summed E-state index contributed by atoms with van der Waals surface area (Å²) < 4.78 is 0. The molecule has 1 aliphatic rings. The van der Waals surface area contributed by atoms with Crippen LogP contribution in [0.5, 0.6) is 0 Å². The minimum Gasteiger partial charge on any atom is -0.481 e. The monoisotopic (exact) mass is 285 g/mol. The van der Waals surface area contributed by atoms with Crippen LogP contribution in [0.4, 0.5) is 4.79 Å². The molecule has 20 heavy (non-hydrogen) atoms. The van der Waals surface area contributed by atoms with Gasteiger partial charge in [0.15, 0.2) is 0 Å². The number of hydrogen-bond acceptors (Lipinski definition) is 3. The summed E-state index contributed by atoms with van der Waals surface area (Å²) in [5.74, 6) is -1.31. The normalized spacial score (nSPS) is 17.4. The van der Waals surface area contributed by atoms with Crippen molar-refractivity contribution in [2.45, 2.75) is 26.2 Å². The zero-order valence-electron chi connectivity index (χ0n) is 12.0. The average Bonchev–Trinajstić information content (AvgIpc) is 2.46. The van der Waals surface area contributed by atoms with Gasteiger partial charge in [0.05, 0.1) is 5.92 Å². The molecule has 0 aromatic carbocycles. The van der Waals surface area contributed by atoms with Crippen LogP contribution in [-0.2, 0) is 9.59 Å². The number of carboxylic acids is 1. The number of hydrogen-bond donors (Lipinski definition) is 3. The summed E-state index contributed by atoms with van der Waals surface area (Å²) in [6.07, 6.45) is 1.74. The van der Waals surface area contributed by atoms with Gasteiger partial charge in [0.25, 0.3) is 0 Å². The Morgan fingerprint density at radius 3 is 2.40 bits per heavy atom. The highest BCUT2D eigenvalue weighted by Crippen LogP contribution is 2.17. The SMILES string of the molecule is CNC(=O)C1CCN(C(=O)NCCC(C)C(=O)O)CC1. The predicted molar refractivity (Wildman–Crippen MR) is 73.2 cm³/mol. The molecule has 7 heteroatoms. The number of urea groups is 1. The van der Waals surface area contributed by atoms with Gasteiger partial charge >= 0.3 is 12.0 Å². The van der Waals surface area contributed by atoms with Crippen molar-refractivity contribution in [1.82, 2.24) is 15.5 Å².